The average molecular weight is 326 g/mol. The van der Waals surface area contributed by atoms with E-state index in [0.29, 0.717) is 12.3 Å². The van der Waals surface area contributed by atoms with Gasteiger partial charge in [-0.25, -0.2) is 0 Å². The molecule has 2 aromatic heterocycles. The minimum absolute atomic E-state index is 0.421. The third kappa shape index (κ3) is 5.22. The number of pyridine rings is 2. The number of nitrogens with zero attached hydrogens (tertiary/aromatic N) is 4. The quantitative estimate of drug-likeness (QED) is 0.318. The summed E-state index contributed by atoms with van der Waals surface area (Å²) < 4.78 is 0. The molecule has 0 radical (unpaired) electrons. The lowest BCUT2D eigenvalue weighted by Crippen LogP contribution is -2.02. The van der Waals surface area contributed by atoms with Crippen molar-refractivity contribution in [3.63, 3.8) is 0 Å². The van der Waals surface area contributed by atoms with Gasteiger partial charge in [-0.05, 0) is 57.9 Å². The number of aromatic nitrogens is 2. The lowest BCUT2D eigenvalue weighted by atomic mass is 10.1. The molecule has 126 valence electrons. The molecule has 0 saturated carbocycles. The molecule has 0 fully saturated rings. The zero-order valence-corrected chi connectivity index (χ0v) is 14.3. The van der Waals surface area contributed by atoms with Gasteiger partial charge in [-0.1, -0.05) is 22.5 Å². The summed E-state index contributed by atoms with van der Waals surface area (Å²) in [5.41, 5.74) is 4.15. The highest BCUT2D eigenvalue weighted by molar-refractivity contribution is 5.96. The molecule has 6 heteroatoms. The molecule has 0 amide bonds. The summed E-state index contributed by atoms with van der Waals surface area (Å²) in [6.07, 6.45) is 1.55. The molecular formula is C18H22N4O2. The number of nitroso groups, excluding NO2 is 1. The van der Waals surface area contributed by atoms with Crippen LogP contribution in [0, 0.1) is 11.8 Å². The first-order valence-corrected chi connectivity index (χ1v) is 7.99. The fourth-order valence-corrected chi connectivity index (χ4v) is 2.18. The van der Waals surface area contributed by atoms with E-state index >= 15 is 0 Å². The Morgan fingerprint density at radius 1 is 1.21 bits per heavy atom. The minimum Gasteiger partial charge on any atom is -0.396 e. The fourth-order valence-electron chi connectivity index (χ4n) is 2.18. The van der Waals surface area contributed by atoms with E-state index in [9.17, 15) is 4.91 Å². The molecule has 0 aliphatic carbocycles. The Morgan fingerprint density at radius 3 is 2.75 bits per heavy atom. The van der Waals surface area contributed by atoms with E-state index in [1.165, 1.54) is 0 Å². The fraction of sp³-hybridized carbons (Fsp3) is 0.389. The molecule has 24 heavy (non-hydrogen) atoms. The van der Waals surface area contributed by atoms with Gasteiger partial charge in [0, 0.05) is 11.4 Å². The maximum absolute atomic E-state index is 10.6. The second-order valence-electron chi connectivity index (χ2n) is 5.61. The van der Waals surface area contributed by atoms with Crippen LogP contribution in [0.25, 0.3) is 0 Å². The van der Waals surface area contributed by atoms with E-state index in [-0.39, 0.29) is 0 Å². The van der Waals surface area contributed by atoms with Crippen molar-refractivity contribution in [2.75, 3.05) is 6.61 Å². The highest BCUT2D eigenvalue weighted by Crippen LogP contribution is 2.14. The molecule has 0 saturated heterocycles. The maximum atomic E-state index is 10.6. The number of aryl methyl sites for hydroxylation is 2. The highest BCUT2D eigenvalue weighted by atomic mass is 16.6. The lowest BCUT2D eigenvalue weighted by Gasteiger charge is -2.06. The van der Waals surface area contributed by atoms with Crippen LogP contribution in [0.4, 0.5) is 0 Å². The summed E-state index contributed by atoms with van der Waals surface area (Å²) in [7, 11) is 0. The SMILES string of the molecule is CC(=NOCCCc1cccc(C(C)N=O)n1)c1cccc(C)n1. The molecule has 0 N–H and O–H groups in total. The van der Waals surface area contributed by atoms with Crippen molar-refractivity contribution in [3.8, 4) is 0 Å². The van der Waals surface area contributed by atoms with Gasteiger partial charge in [0.15, 0.2) is 0 Å². The first-order chi connectivity index (χ1) is 11.6. The van der Waals surface area contributed by atoms with Crippen molar-refractivity contribution >= 4 is 5.71 Å². The van der Waals surface area contributed by atoms with Crippen LogP contribution in [0.1, 0.15) is 49.1 Å². The van der Waals surface area contributed by atoms with Gasteiger partial charge in [-0.15, -0.1) is 0 Å². The zero-order chi connectivity index (χ0) is 17.4. The van der Waals surface area contributed by atoms with Gasteiger partial charge in [0.2, 0.25) is 0 Å². The van der Waals surface area contributed by atoms with Crippen LogP contribution >= 0.6 is 0 Å². The van der Waals surface area contributed by atoms with Gasteiger partial charge >= 0.3 is 0 Å². The van der Waals surface area contributed by atoms with Crippen LogP contribution < -0.4 is 0 Å². The molecule has 0 aromatic carbocycles. The van der Waals surface area contributed by atoms with E-state index < -0.39 is 6.04 Å². The number of oxime groups is 1. The van der Waals surface area contributed by atoms with Gasteiger partial charge in [0.25, 0.3) is 0 Å². The van der Waals surface area contributed by atoms with Crippen molar-refractivity contribution < 1.29 is 4.84 Å². The van der Waals surface area contributed by atoms with E-state index in [4.69, 9.17) is 4.84 Å². The van der Waals surface area contributed by atoms with Crippen molar-refractivity contribution in [3.05, 3.63) is 64.1 Å². The second kappa shape index (κ2) is 8.86. The Hall–Kier alpha value is -2.63. The van der Waals surface area contributed by atoms with Crippen LogP contribution in [0.5, 0.6) is 0 Å². The molecule has 0 bridgehead atoms. The van der Waals surface area contributed by atoms with Crippen LogP contribution in [0.2, 0.25) is 0 Å². The molecule has 2 aromatic rings. The molecular weight excluding hydrogens is 304 g/mol. The molecule has 1 atom stereocenters. The summed E-state index contributed by atoms with van der Waals surface area (Å²) in [4.78, 5) is 24.8. The monoisotopic (exact) mass is 326 g/mol. The predicted molar refractivity (Wildman–Crippen MR) is 93.9 cm³/mol. The average Bonchev–Trinajstić information content (AvgIpc) is 2.60. The molecule has 0 aliphatic rings. The summed E-state index contributed by atoms with van der Waals surface area (Å²) in [5.74, 6) is 0. The van der Waals surface area contributed by atoms with Crippen molar-refractivity contribution in [1.29, 1.82) is 0 Å². The van der Waals surface area contributed by atoms with Gasteiger partial charge < -0.3 is 4.84 Å². The third-order valence-electron chi connectivity index (χ3n) is 3.54. The predicted octanol–water partition coefficient (Wildman–Crippen LogP) is 3.99. The Morgan fingerprint density at radius 2 is 2.00 bits per heavy atom. The van der Waals surface area contributed by atoms with Crippen LogP contribution in [-0.2, 0) is 11.3 Å². The number of hydrogen-bond acceptors (Lipinski definition) is 6. The number of rotatable bonds is 8. The molecule has 1 unspecified atom stereocenters. The smallest absolute Gasteiger partial charge is 0.131 e. The molecule has 2 rings (SSSR count). The second-order valence-corrected chi connectivity index (χ2v) is 5.61. The van der Waals surface area contributed by atoms with Crippen LogP contribution in [0.3, 0.4) is 0 Å². The highest BCUT2D eigenvalue weighted by Gasteiger charge is 2.07. The Labute approximate surface area is 142 Å². The topological polar surface area (TPSA) is 76.8 Å². The summed E-state index contributed by atoms with van der Waals surface area (Å²) in [5, 5.41) is 7.11. The summed E-state index contributed by atoms with van der Waals surface area (Å²) in [6, 6.07) is 11.0. The first-order valence-electron chi connectivity index (χ1n) is 7.99. The summed E-state index contributed by atoms with van der Waals surface area (Å²) >= 11 is 0. The Balaban J connectivity index is 1.81. The third-order valence-corrected chi connectivity index (χ3v) is 3.54. The normalized spacial score (nSPS) is 12.7. The van der Waals surface area contributed by atoms with E-state index in [1.54, 1.807) is 6.92 Å². The largest absolute Gasteiger partial charge is 0.396 e. The van der Waals surface area contributed by atoms with E-state index in [1.807, 2.05) is 50.2 Å². The minimum atomic E-state index is -0.421. The van der Waals surface area contributed by atoms with Crippen molar-refractivity contribution in [2.24, 2.45) is 10.3 Å². The molecule has 0 aliphatic heterocycles. The van der Waals surface area contributed by atoms with Gasteiger partial charge in [-0.3, -0.25) is 9.97 Å². The maximum Gasteiger partial charge on any atom is 0.131 e. The van der Waals surface area contributed by atoms with E-state index in [0.717, 1.165) is 35.6 Å². The Bertz CT molecular complexity index is 716. The Kier molecular flexibility index (Phi) is 6.54. The summed E-state index contributed by atoms with van der Waals surface area (Å²) in [6.45, 7) is 6.05. The molecule has 2 heterocycles. The molecule has 0 spiro atoms. The standard InChI is InChI=1S/C18H22N4O2/c1-13-7-4-10-18(19-13)15(3)22-24-12-6-9-16-8-5-11-17(20-16)14(2)21-23/h4-5,7-8,10-11,14H,6,9,12H2,1-3H3. The van der Waals surface area contributed by atoms with Gasteiger partial charge in [0.1, 0.15) is 18.4 Å². The molecule has 6 nitrogen and oxygen atoms in total. The van der Waals surface area contributed by atoms with Crippen molar-refractivity contribution in [2.45, 2.75) is 39.7 Å². The van der Waals surface area contributed by atoms with Crippen LogP contribution in [-0.4, -0.2) is 22.3 Å². The zero-order valence-electron chi connectivity index (χ0n) is 14.3. The van der Waals surface area contributed by atoms with Crippen LogP contribution in [0.15, 0.2) is 46.7 Å². The van der Waals surface area contributed by atoms with E-state index in [2.05, 4.69) is 20.3 Å². The number of hydrogen-bond donors (Lipinski definition) is 0. The van der Waals surface area contributed by atoms with Crippen molar-refractivity contribution in [1.82, 2.24) is 9.97 Å². The first kappa shape index (κ1) is 17.7. The van der Waals surface area contributed by atoms with Gasteiger partial charge in [0.05, 0.1) is 11.4 Å². The van der Waals surface area contributed by atoms with Gasteiger partial charge in [-0.2, -0.15) is 4.91 Å². The lowest BCUT2D eigenvalue weighted by molar-refractivity contribution is 0.141.